The van der Waals surface area contributed by atoms with E-state index in [0.29, 0.717) is 37.4 Å². The van der Waals surface area contributed by atoms with E-state index >= 15 is 0 Å². The molecule has 1 heterocycles. The number of aryl methyl sites for hydroxylation is 1. The van der Waals surface area contributed by atoms with Crippen molar-refractivity contribution in [1.82, 2.24) is 4.90 Å². The number of ether oxygens (including phenoxy) is 1. The van der Waals surface area contributed by atoms with Crippen LogP contribution in [0.3, 0.4) is 0 Å². The van der Waals surface area contributed by atoms with Crippen LogP contribution >= 0.6 is 11.6 Å². The number of carbonyl (C=O) groups is 2. The summed E-state index contributed by atoms with van der Waals surface area (Å²) in [4.78, 5) is 26.2. The topological polar surface area (TPSA) is 46.6 Å². The molecule has 0 N–H and O–H groups in total. The fourth-order valence-corrected chi connectivity index (χ4v) is 3.21. The van der Waals surface area contributed by atoms with Gasteiger partial charge in [-0.3, -0.25) is 9.59 Å². The molecule has 1 aliphatic rings. The Balaban J connectivity index is 1.98. The molecular formula is C18H20ClNO3. The minimum atomic E-state index is -0.760. The molecule has 122 valence electrons. The van der Waals surface area contributed by atoms with E-state index in [1.807, 2.05) is 24.3 Å². The zero-order valence-corrected chi connectivity index (χ0v) is 13.9. The van der Waals surface area contributed by atoms with Crippen LogP contribution in [-0.4, -0.2) is 37.0 Å². The fraction of sp³-hybridized carbons (Fsp3) is 0.444. The minimum absolute atomic E-state index is 0.00715. The van der Waals surface area contributed by atoms with Crippen LogP contribution in [0.1, 0.15) is 24.8 Å². The van der Waals surface area contributed by atoms with E-state index < -0.39 is 5.41 Å². The Labute approximate surface area is 141 Å². The lowest BCUT2D eigenvalue weighted by Gasteiger charge is -2.24. The molecule has 0 saturated carbocycles. The Morgan fingerprint density at radius 3 is 2.83 bits per heavy atom. The van der Waals surface area contributed by atoms with Gasteiger partial charge < -0.3 is 9.64 Å². The standard InChI is InChI=1S/C18H20ClNO3/c1-3-10-18(17(22)23-2)11-12-20(13-18)16(21)9-8-14-6-4-5-7-15(14)19/h1,4-7H,8-13H2,2H3. The molecule has 23 heavy (non-hydrogen) atoms. The van der Waals surface area contributed by atoms with Gasteiger partial charge in [-0.25, -0.2) is 0 Å². The van der Waals surface area contributed by atoms with Crippen molar-refractivity contribution in [3.63, 3.8) is 0 Å². The highest BCUT2D eigenvalue weighted by Gasteiger charge is 2.46. The number of nitrogens with zero attached hydrogens (tertiary/aromatic N) is 1. The lowest BCUT2D eigenvalue weighted by molar-refractivity contribution is -0.152. The van der Waals surface area contributed by atoms with Crippen molar-refractivity contribution < 1.29 is 14.3 Å². The van der Waals surface area contributed by atoms with Crippen LogP contribution in [0.25, 0.3) is 0 Å². The Kier molecular flexibility index (Phi) is 5.68. The van der Waals surface area contributed by atoms with Crippen LogP contribution in [0.15, 0.2) is 24.3 Å². The van der Waals surface area contributed by atoms with E-state index in [1.54, 1.807) is 4.90 Å². The Bertz CT molecular complexity index is 637. The van der Waals surface area contributed by atoms with Crippen molar-refractivity contribution in [3.8, 4) is 12.3 Å². The van der Waals surface area contributed by atoms with Crippen LogP contribution in [-0.2, 0) is 20.7 Å². The third kappa shape index (κ3) is 3.86. The molecule has 0 aliphatic carbocycles. The predicted molar refractivity (Wildman–Crippen MR) is 88.9 cm³/mol. The van der Waals surface area contributed by atoms with Crippen LogP contribution in [0.2, 0.25) is 5.02 Å². The second kappa shape index (κ2) is 7.52. The number of halogens is 1. The molecule has 0 bridgehead atoms. The van der Waals surface area contributed by atoms with Crippen molar-refractivity contribution in [2.75, 3.05) is 20.2 Å². The van der Waals surface area contributed by atoms with Gasteiger partial charge in [0.2, 0.25) is 5.91 Å². The third-order valence-corrected chi connectivity index (χ3v) is 4.70. The molecule has 1 aromatic carbocycles. The monoisotopic (exact) mass is 333 g/mol. The Morgan fingerprint density at radius 1 is 1.43 bits per heavy atom. The summed E-state index contributed by atoms with van der Waals surface area (Å²) >= 11 is 6.11. The number of esters is 1. The van der Waals surface area contributed by atoms with E-state index in [4.69, 9.17) is 22.8 Å². The molecule has 1 unspecified atom stereocenters. The molecule has 4 nitrogen and oxygen atoms in total. The highest BCUT2D eigenvalue weighted by molar-refractivity contribution is 6.31. The fourth-order valence-electron chi connectivity index (χ4n) is 2.98. The first-order valence-electron chi connectivity index (χ1n) is 7.55. The molecule has 1 amide bonds. The summed E-state index contributed by atoms with van der Waals surface area (Å²) in [5, 5.41) is 0.665. The number of hydrogen-bond donors (Lipinski definition) is 0. The van der Waals surface area contributed by atoms with Gasteiger partial charge in [-0.15, -0.1) is 12.3 Å². The number of rotatable bonds is 5. The first-order chi connectivity index (χ1) is 11.0. The normalized spacial score (nSPS) is 20.1. The lowest BCUT2D eigenvalue weighted by atomic mass is 9.84. The van der Waals surface area contributed by atoms with Gasteiger partial charge in [0.05, 0.1) is 12.5 Å². The number of terminal acetylenes is 1. The SMILES string of the molecule is C#CCC1(C(=O)OC)CCN(C(=O)CCc2ccccc2Cl)C1. The molecule has 1 saturated heterocycles. The summed E-state index contributed by atoms with van der Waals surface area (Å²) in [5.41, 5.74) is 0.188. The molecule has 2 rings (SSSR count). The largest absolute Gasteiger partial charge is 0.469 e. The number of amides is 1. The summed E-state index contributed by atoms with van der Waals surface area (Å²) in [6.45, 7) is 0.851. The van der Waals surface area contributed by atoms with E-state index in [9.17, 15) is 9.59 Å². The maximum absolute atomic E-state index is 12.4. The van der Waals surface area contributed by atoms with Crippen LogP contribution in [0.4, 0.5) is 0 Å². The maximum atomic E-state index is 12.4. The van der Waals surface area contributed by atoms with Gasteiger partial charge >= 0.3 is 5.97 Å². The molecule has 1 aromatic rings. The quantitative estimate of drug-likeness (QED) is 0.615. The van der Waals surface area contributed by atoms with Crippen molar-refractivity contribution in [3.05, 3.63) is 34.9 Å². The smallest absolute Gasteiger partial charge is 0.314 e. The van der Waals surface area contributed by atoms with Crippen LogP contribution in [0, 0.1) is 17.8 Å². The molecule has 1 aliphatic heterocycles. The average Bonchev–Trinajstić information content (AvgIpc) is 2.99. The van der Waals surface area contributed by atoms with Gasteiger partial charge in [0, 0.05) is 31.0 Å². The third-order valence-electron chi connectivity index (χ3n) is 4.33. The second-order valence-corrected chi connectivity index (χ2v) is 6.22. The van der Waals surface area contributed by atoms with Gasteiger partial charge in [-0.2, -0.15) is 0 Å². The molecule has 0 radical (unpaired) electrons. The zero-order chi connectivity index (χ0) is 16.9. The highest BCUT2D eigenvalue weighted by atomic mass is 35.5. The number of hydrogen-bond acceptors (Lipinski definition) is 3. The van der Waals surface area contributed by atoms with Crippen LogP contribution in [0.5, 0.6) is 0 Å². The molecule has 1 atom stereocenters. The van der Waals surface area contributed by atoms with Gasteiger partial charge in [0.1, 0.15) is 0 Å². The molecular weight excluding hydrogens is 314 g/mol. The summed E-state index contributed by atoms with van der Waals surface area (Å²) in [7, 11) is 1.35. The van der Waals surface area contributed by atoms with Gasteiger partial charge in [0.15, 0.2) is 0 Å². The molecule has 1 fully saturated rings. The van der Waals surface area contributed by atoms with Gasteiger partial charge in [0.25, 0.3) is 0 Å². The van der Waals surface area contributed by atoms with E-state index in [0.717, 1.165) is 5.56 Å². The summed E-state index contributed by atoms with van der Waals surface area (Å²) in [5.74, 6) is 2.21. The second-order valence-electron chi connectivity index (χ2n) is 5.81. The first kappa shape index (κ1) is 17.4. The number of benzene rings is 1. The lowest BCUT2D eigenvalue weighted by Crippen LogP contribution is -2.37. The molecule has 0 aromatic heterocycles. The number of likely N-dealkylation sites (tertiary alicyclic amines) is 1. The molecule has 0 spiro atoms. The molecule has 5 heteroatoms. The summed E-state index contributed by atoms with van der Waals surface area (Å²) < 4.78 is 4.87. The van der Waals surface area contributed by atoms with Crippen molar-refractivity contribution in [2.45, 2.75) is 25.7 Å². The summed E-state index contributed by atoms with van der Waals surface area (Å²) in [6.07, 6.45) is 7.15. The number of methoxy groups -OCH3 is 1. The first-order valence-corrected chi connectivity index (χ1v) is 7.93. The van der Waals surface area contributed by atoms with Crippen molar-refractivity contribution in [1.29, 1.82) is 0 Å². The maximum Gasteiger partial charge on any atom is 0.314 e. The van der Waals surface area contributed by atoms with E-state index in [-0.39, 0.29) is 18.3 Å². The predicted octanol–water partition coefficient (Wildman–Crippen LogP) is 2.69. The van der Waals surface area contributed by atoms with Crippen molar-refractivity contribution >= 4 is 23.5 Å². The van der Waals surface area contributed by atoms with E-state index in [1.165, 1.54) is 7.11 Å². The van der Waals surface area contributed by atoms with Gasteiger partial charge in [-0.1, -0.05) is 29.8 Å². The highest BCUT2D eigenvalue weighted by Crippen LogP contribution is 2.35. The van der Waals surface area contributed by atoms with E-state index in [2.05, 4.69) is 5.92 Å². The average molecular weight is 334 g/mol. The zero-order valence-electron chi connectivity index (χ0n) is 13.2. The Morgan fingerprint density at radius 2 is 2.17 bits per heavy atom. The van der Waals surface area contributed by atoms with Gasteiger partial charge in [-0.05, 0) is 24.5 Å². The number of carbonyl (C=O) groups excluding carboxylic acids is 2. The Hall–Kier alpha value is -1.99. The van der Waals surface area contributed by atoms with Crippen molar-refractivity contribution in [2.24, 2.45) is 5.41 Å². The summed E-state index contributed by atoms with van der Waals surface area (Å²) in [6, 6.07) is 7.48. The minimum Gasteiger partial charge on any atom is -0.469 e. The van der Waals surface area contributed by atoms with Crippen LogP contribution < -0.4 is 0 Å².